The highest BCUT2D eigenvalue weighted by molar-refractivity contribution is 7.91. The van der Waals surface area contributed by atoms with Crippen molar-refractivity contribution in [3.05, 3.63) is 97.1 Å². The van der Waals surface area contributed by atoms with Crippen LogP contribution in [0.4, 0.5) is 0 Å². The number of rotatable bonds is 18. The molecule has 0 unspecified atom stereocenters. The van der Waals surface area contributed by atoms with Crippen LogP contribution in [0, 0.1) is 0 Å². The van der Waals surface area contributed by atoms with Crippen LogP contribution in [0.5, 0.6) is 23.0 Å². The Bertz CT molecular complexity index is 1640. The van der Waals surface area contributed by atoms with E-state index in [0.717, 1.165) is 12.8 Å². The molecule has 0 spiro atoms. The van der Waals surface area contributed by atoms with Gasteiger partial charge in [-0.15, -0.1) is 0 Å². The first-order chi connectivity index (χ1) is 22.5. The van der Waals surface area contributed by atoms with E-state index < -0.39 is 25.3 Å². The highest BCUT2D eigenvalue weighted by Crippen LogP contribution is 2.28. The Labute approximate surface area is 277 Å². The average Bonchev–Trinajstić information content (AvgIpc) is 3.09. The molecule has 11 heteroatoms. The summed E-state index contributed by atoms with van der Waals surface area (Å²) in [6.45, 7) is 6.82. The molecule has 0 aromatic heterocycles. The molecule has 0 saturated heterocycles. The van der Waals surface area contributed by atoms with Crippen molar-refractivity contribution < 1.29 is 40.9 Å². The van der Waals surface area contributed by atoms with Crippen molar-refractivity contribution in [1.29, 1.82) is 0 Å². The summed E-state index contributed by atoms with van der Waals surface area (Å²) in [4.78, 5) is 0.536. The summed E-state index contributed by atoms with van der Waals surface area (Å²) in [5.41, 5.74) is -1.35. The molecule has 1 N–H and O–H groups in total. The van der Waals surface area contributed by atoms with Crippen LogP contribution in [0.1, 0.15) is 46.5 Å². The van der Waals surface area contributed by atoms with E-state index in [-0.39, 0.29) is 32.8 Å². The van der Waals surface area contributed by atoms with Gasteiger partial charge in [-0.2, -0.15) is 0 Å². The first kappa shape index (κ1) is 35.8. The van der Waals surface area contributed by atoms with E-state index >= 15 is 0 Å². The standard InChI is InChI=1S/C36H42O9S2/c1-4-23-36(37,26-44-30-11-19-34(20-12-30)46(38,39)32-15-7-28(8-16-32)42-24-5-2)27-45-31-13-21-35(22-14-31)47(40,41)33-17-9-29(10-18-33)43-25-6-3/h7-22,37H,4-6,23-27H2,1-3H3. The maximum Gasteiger partial charge on any atom is 0.206 e. The molecule has 47 heavy (non-hydrogen) atoms. The fourth-order valence-electron chi connectivity index (χ4n) is 4.66. The molecule has 0 radical (unpaired) electrons. The molecule has 0 amide bonds. The van der Waals surface area contributed by atoms with Gasteiger partial charge in [0, 0.05) is 0 Å². The molecule has 0 aliphatic heterocycles. The van der Waals surface area contributed by atoms with Gasteiger partial charge in [-0.1, -0.05) is 27.2 Å². The number of sulfone groups is 2. The van der Waals surface area contributed by atoms with Gasteiger partial charge in [0.25, 0.3) is 0 Å². The van der Waals surface area contributed by atoms with Gasteiger partial charge < -0.3 is 24.1 Å². The molecule has 9 nitrogen and oxygen atoms in total. The maximum absolute atomic E-state index is 13.1. The third-order valence-electron chi connectivity index (χ3n) is 7.21. The lowest BCUT2D eigenvalue weighted by Crippen LogP contribution is -2.42. The molecule has 0 atom stereocenters. The van der Waals surface area contributed by atoms with Crippen LogP contribution in [0.15, 0.2) is 117 Å². The average molecular weight is 683 g/mol. The summed E-state index contributed by atoms with van der Waals surface area (Å²) >= 11 is 0. The highest BCUT2D eigenvalue weighted by Gasteiger charge is 2.29. The van der Waals surface area contributed by atoms with E-state index in [0.29, 0.717) is 49.1 Å². The summed E-state index contributed by atoms with van der Waals surface area (Å²) in [5, 5.41) is 11.3. The molecule has 4 rings (SSSR count). The number of hydrogen-bond donors (Lipinski definition) is 1. The smallest absolute Gasteiger partial charge is 0.206 e. The molecule has 4 aromatic rings. The van der Waals surface area contributed by atoms with E-state index in [4.69, 9.17) is 18.9 Å². The van der Waals surface area contributed by atoms with Crippen molar-refractivity contribution in [1.82, 2.24) is 0 Å². The third kappa shape index (κ3) is 9.50. The van der Waals surface area contributed by atoms with Gasteiger partial charge in [0.1, 0.15) is 41.8 Å². The van der Waals surface area contributed by atoms with E-state index in [1.165, 1.54) is 48.5 Å². The second kappa shape index (κ2) is 16.2. The molecule has 4 aromatic carbocycles. The van der Waals surface area contributed by atoms with Crippen molar-refractivity contribution in [3.63, 3.8) is 0 Å². The molecule has 0 fully saturated rings. The normalized spacial score (nSPS) is 12.0. The van der Waals surface area contributed by atoms with Gasteiger partial charge in [0.05, 0.1) is 32.8 Å². The quantitative estimate of drug-likeness (QED) is 0.119. The van der Waals surface area contributed by atoms with Gasteiger partial charge in [-0.25, -0.2) is 16.8 Å². The summed E-state index contributed by atoms with van der Waals surface area (Å²) in [6, 6.07) is 24.7. The summed E-state index contributed by atoms with van der Waals surface area (Å²) < 4.78 is 75.2. The predicted molar refractivity (Wildman–Crippen MR) is 179 cm³/mol. The van der Waals surface area contributed by atoms with Crippen LogP contribution in [0.2, 0.25) is 0 Å². The zero-order valence-electron chi connectivity index (χ0n) is 26.9. The minimum absolute atomic E-state index is 0.101. The van der Waals surface area contributed by atoms with E-state index in [1.54, 1.807) is 48.5 Å². The number of ether oxygens (including phenoxy) is 4. The van der Waals surface area contributed by atoms with Crippen LogP contribution in [0.25, 0.3) is 0 Å². The molecule has 0 bridgehead atoms. The third-order valence-corrected chi connectivity index (χ3v) is 10.8. The molecule has 252 valence electrons. The van der Waals surface area contributed by atoms with Gasteiger partial charge in [0.15, 0.2) is 0 Å². The van der Waals surface area contributed by atoms with Crippen LogP contribution in [-0.4, -0.2) is 54.0 Å². The minimum Gasteiger partial charge on any atom is -0.494 e. The SMILES string of the molecule is CCCOc1ccc(S(=O)(=O)c2ccc(OCC(O)(CCC)COc3ccc(S(=O)(=O)c4ccc(OCCC)cc4)cc3)cc2)cc1. The number of benzene rings is 4. The lowest BCUT2D eigenvalue weighted by Gasteiger charge is -2.28. The van der Waals surface area contributed by atoms with Gasteiger partial charge in [0.2, 0.25) is 19.7 Å². The van der Waals surface area contributed by atoms with Crippen molar-refractivity contribution >= 4 is 19.7 Å². The van der Waals surface area contributed by atoms with Crippen molar-refractivity contribution in [3.8, 4) is 23.0 Å². The zero-order valence-corrected chi connectivity index (χ0v) is 28.6. The fraction of sp³-hybridized carbons (Fsp3) is 0.333. The van der Waals surface area contributed by atoms with Crippen LogP contribution >= 0.6 is 0 Å². The van der Waals surface area contributed by atoms with E-state index in [9.17, 15) is 21.9 Å². The van der Waals surface area contributed by atoms with Crippen molar-refractivity contribution in [2.24, 2.45) is 0 Å². The Kier molecular flexibility index (Phi) is 12.3. The summed E-state index contributed by atoms with van der Waals surface area (Å²) in [6.07, 6.45) is 2.74. The van der Waals surface area contributed by atoms with E-state index in [2.05, 4.69) is 0 Å². The maximum atomic E-state index is 13.1. The Morgan fingerprint density at radius 2 is 0.745 bits per heavy atom. The Hall–Kier alpha value is -4.06. The lowest BCUT2D eigenvalue weighted by molar-refractivity contribution is -0.0461. The fourth-order valence-corrected chi connectivity index (χ4v) is 7.18. The second-order valence-corrected chi connectivity index (χ2v) is 15.0. The predicted octanol–water partition coefficient (Wildman–Crippen LogP) is 6.92. The Morgan fingerprint density at radius 1 is 0.468 bits per heavy atom. The van der Waals surface area contributed by atoms with Gasteiger partial charge in [-0.3, -0.25) is 0 Å². The molecule has 0 aliphatic carbocycles. The minimum atomic E-state index is -3.74. The summed E-state index contributed by atoms with van der Waals surface area (Å²) in [7, 11) is -7.48. The number of hydrogen-bond acceptors (Lipinski definition) is 9. The molecular formula is C36H42O9S2. The summed E-state index contributed by atoms with van der Waals surface area (Å²) in [5.74, 6) is 2.00. The highest BCUT2D eigenvalue weighted by atomic mass is 32.2. The molecule has 0 heterocycles. The van der Waals surface area contributed by atoms with Crippen LogP contribution < -0.4 is 18.9 Å². The second-order valence-electron chi connectivity index (χ2n) is 11.1. The zero-order chi connectivity index (χ0) is 33.9. The first-order valence-electron chi connectivity index (χ1n) is 15.6. The Morgan fingerprint density at radius 3 is 1.00 bits per heavy atom. The van der Waals surface area contributed by atoms with Crippen LogP contribution in [-0.2, 0) is 19.7 Å². The van der Waals surface area contributed by atoms with Crippen molar-refractivity contribution in [2.75, 3.05) is 26.4 Å². The molecule has 0 saturated carbocycles. The monoisotopic (exact) mass is 682 g/mol. The first-order valence-corrected chi connectivity index (χ1v) is 18.6. The van der Waals surface area contributed by atoms with Gasteiger partial charge in [-0.05, 0) is 116 Å². The van der Waals surface area contributed by atoms with Crippen LogP contribution in [0.3, 0.4) is 0 Å². The van der Waals surface area contributed by atoms with Crippen molar-refractivity contribution in [2.45, 2.75) is 71.6 Å². The van der Waals surface area contributed by atoms with E-state index in [1.807, 2.05) is 20.8 Å². The molecule has 0 aliphatic rings. The largest absolute Gasteiger partial charge is 0.494 e. The topological polar surface area (TPSA) is 125 Å². The number of aliphatic hydroxyl groups is 1. The lowest BCUT2D eigenvalue weighted by atomic mass is 10.0. The Balaban J connectivity index is 1.35. The molecular weight excluding hydrogens is 641 g/mol. The van der Waals surface area contributed by atoms with Gasteiger partial charge >= 0.3 is 0 Å².